The Morgan fingerprint density at radius 2 is 1.91 bits per heavy atom. The Hall–Kier alpha value is -0.820. The largest absolute Gasteiger partial charge is 0.365 e. The van der Waals surface area contributed by atoms with Gasteiger partial charge in [-0.3, -0.25) is 0 Å². The van der Waals surface area contributed by atoms with Gasteiger partial charge < -0.3 is 4.74 Å². The van der Waals surface area contributed by atoms with Crippen LogP contribution in [0.25, 0.3) is 0 Å². The molecule has 1 aliphatic rings. The van der Waals surface area contributed by atoms with E-state index >= 15 is 0 Å². The van der Waals surface area contributed by atoms with Gasteiger partial charge >= 0.3 is 0 Å². The van der Waals surface area contributed by atoms with Crippen molar-refractivity contribution in [2.24, 2.45) is 0 Å². The Labute approximate surface area is 69.1 Å². The van der Waals surface area contributed by atoms with E-state index in [-0.39, 0.29) is 5.60 Å². The first-order valence-corrected chi connectivity index (χ1v) is 3.59. The van der Waals surface area contributed by atoms with E-state index in [4.69, 9.17) is 4.74 Å². The van der Waals surface area contributed by atoms with Gasteiger partial charge in [-0.15, -0.1) is 6.58 Å². The minimum absolute atomic E-state index is 0.0556. The molecule has 1 atom stereocenters. The highest BCUT2D eigenvalue weighted by Gasteiger charge is 2.34. The number of ether oxygens (including phenoxy) is 1. The second-order valence-electron chi connectivity index (χ2n) is 2.86. The van der Waals surface area contributed by atoms with E-state index in [1.54, 1.807) is 6.08 Å². The van der Waals surface area contributed by atoms with E-state index in [9.17, 15) is 0 Å². The fourth-order valence-electron chi connectivity index (χ4n) is 0.232. The lowest BCUT2D eigenvalue weighted by Gasteiger charge is -1.86. The second kappa shape index (κ2) is 4.14. The summed E-state index contributed by atoms with van der Waals surface area (Å²) in [7, 11) is 0. The van der Waals surface area contributed by atoms with Gasteiger partial charge in [0.15, 0.2) is 0 Å². The third kappa shape index (κ3) is 5.62. The molecular formula is C10H16O. The highest BCUT2D eigenvalue weighted by molar-refractivity contribution is 5.05. The van der Waals surface area contributed by atoms with Gasteiger partial charge in [0.05, 0.1) is 6.61 Å². The smallest absolute Gasteiger partial charge is 0.107 e. The molecule has 0 amide bonds. The molecule has 1 saturated heterocycles. The van der Waals surface area contributed by atoms with E-state index < -0.39 is 0 Å². The highest BCUT2D eigenvalue weighted by Crippen LogP contribution is 2.25. The molecule has 0 aromatic carbocycles. The summed E-state index contributed by atoms with van der Waals surface area (Å²) in [5.74, 6) is 0. The van der Waals surface area contributed by atoms with Crippen molar-refractivity contribution in [2.75, 3.05) is 6.61 Å². The maximum atomic E-state index is 4.93. The Bertz CT molecular complexity index is 164. The number of hydrogen-bond donors (Lipinski definition) is 0. The average molecular weight is 152 g/mol. The summed E-state index contributed by atoms with van der Waals surface area (Å²) in [6.45, 7) is 15.4. The van der Waals surface area contributed by atoms with Crippen molar-refractivity contribution in [2.45, 2.75) is 19.4 Å². The molecule has 1 rings (SSSR count). The lowest BCUT2D eigenvalue weighted by atomic mass is 10.2. The zero-order valence-electron chi connectivity index (χ0n) is 7.39. The maximum absolute atomic E-state index is 4.93. The zero-order chi connectivity index (χ0) is 8.91. The molecule has 0 bridgehead atoms. The first-order valence-electron chi connectivity index (χ1n) is 3.59. The Morgan fingerprint density at radius 1 is 1.55 bits per heavy atom. The molecule has 0 N–H and O–H groups in total. The molecule has 1 heterocycles. The van der Waals surface area contributed by atoms with Crippen LogP contribution >= 0.6 is 0 Å². The van der Waals surface area contributed by atoms with Crippen LogP contribution in [-0.4, -0.2) is 12.2 Å². The van der Waals surface area contributed by atoms with Crippen molar-refractivity contribution >= 4 is 0 Å². The number of epoxide rings is 1. The first-order chi connectivity index (χ1) is 5.04. The van der Waals surface area contributed by atoms with Gasteiger partial charge in [-0.2, -0.15) is 0 Å². The van der Waals surface area contributed by atoms with Crippen LogP contribution in [0.15, 0.2) is 37.5 Å². The molecular weight excluding hydrogens is 136 g/mol. The predicted octanol–water partition coefficient (Wildman–Crippen LogP) is 2.71. The van der Waals surface area contributed by atoms with Gasteiger partial charge in [0, 0.05) is 0 Å². The fourth-order valence-corrected chi connectivity index (χ4v) is 0.232. The van der Waals surface area contributed by atoms with Crippen molar-refractivity contribution in [3.63, 3.8) is 0 Å². The molecule has 0 saturated carbocycles. The molecule has 1 unspecified atom stereocenters. The van der Waals surface area contributed by atoms with Crippen LogP contribution in [-0.2, 0) is 4.74 Å². The van der Waals surface area contributed by atoms with Gasteiger partial charge in [0.1, 0.15) is 5.60 Å². The molecule has 0 radical (unpaired) electrons. The van der Waals surface area contributed by atoms with Crippen molar-refractivity contribution in [1.29, 1.82) is 0 Å². The predicted molar refractivity (Wildman–Crippen MR) is 49.6 cm³/mol. The summed E-state index contributed by atoms with van der Waals surface area (Å²) in [5, 5.41) is 0. The molecule has 0 aromatic heterocycles. The van der Waals surface area contributed by atoms with Gasteiger partial charge in [-0.1, -0.05) is 30.9 Å². The van der Waals surface area contributed by atoms with E-state index in [0.29, 0.717) is 0 Å². The minimum Gasteiger partial charge on any atom is -0.365 e. The molecule has 0 aromatic rings. The maximum Gasteiger partial charge on any atom is 0.107 e. The summed E-state index contributed by atoms with van der Waals surface area (Å²) in [4.78, 5) is 0. The quantitative estimate of drug-likeness (QED) is 0.337. The van der Waals surface area contributed by atoms with Gasteiger partial charge in [-0.05, 0) is 13.8 Å². The SMILES string of the molecule is C=CC(=C)C.C=CC1(C)CO1. The number of rotatable bonds is 2. The van der Waals surface area contributed by atoms with Crippen LogP contribution < -0.4 is 0 Å². The molecule has 11 heavy (non-hydrogen) atoms. The second-order valence-corrected chi connectivity index (χ2v) is 2.86. The Morgan fingerprint density at radius 3 is 1.91 bits per heavy atom. The summed E-state index contributed by atoms with van der Waals surface area (Å²) in [6.07, 6.45) is 3.55. The third-order valence-corrected chi connectivity index (χ3v) is 1.38. The van der Waals surface area contributed by atoms with Crippen molar-refractivity contribution < 1.29 is 4.74 Å². The minimum atomic E-state index is 0.0556. The summed E-state index contributed by atoms with van der Waals surface area (Å²) in [6, 6.07) is 0. The monoisotopic (exact) mass is 152 g/mol. The summed E-state index contributed by atoms with van der Waals surface area (Å²) in [5.41, 5.74) is 1.07. The van der Waals surface area contributed by atoms with Gasteiger partial charge in [0.2, 0.25) is 0 Å². The molecule has 1 heteroatoms. The normalized spacial score (nSPS) is 26.0. The molecule has 0 aliphatic carbocycles. The van der Waals surface area contributed by atoms with Crippen LogP contribution in [0.3, 0.4) is 0 Å². The van der Waals surface area contributed by atoms with Crippen molar-refractivity contribution in [3.8, 4) is 0 Å². The fraction of sp³-hybridized carbons (Fsp3) is 0.400. The standard InChI is InChI=1S/C5H8O.C5H8/c1-3-5(2)4-6-5;1-4-5(2)3/h3H,1,4H2,2H3;4H,1-2H2,3H3. The molecule has 62 valence electrons. The van der Waals surface area contributed by atoms with Crippen LogP contribution in [0.2, 0.25) is 0 Å². The van der Waals surface area contributed by atoms with Gasteiger partial charge in [0.25, 0.3) is 0 Å². The Kier molecular flexibility index (Phi) is 3.83. The van der Waals surface area contributed by atoms with E-state index in [1.165, 1.54) is 0 Å². The topological polar surface area (TPSA) is 12.5 Å². The number of allylic oxidation sites excluding steroid dienone is 2. The molecule has 1 aliphatic heterocycles. The van der Waals surface area contributed by atoms with Crippen LogP contribution in [0, 0.1) is 0 Å². The van der Waals surface area contributed by atoms with E-state index in [0.717, 1.165) is 12.2 Å². The molecule has 0 spiro atoms. The molecule has 1 fully saturated rings. The summed E-state index contributed by atoms with van der Waals surface area (Å²) < 4.78 is 4.93. The average Bonchev–Trinajstić information content (AvgIpc) is 2.71. The van der Waals surface area contributed by atoms with Crippen LogP contribution in [0.1, 0.15) is 13.8 Å². The Balaban J connectivity index is 0.000000187. The third-order valence-electron chi connectivity index (χ3n) is 1.38. The van der Waals surface area contributed by atoms with E-state index in [2.05, 4.69) is 19.7 Å². The van der Waals surface area contributed by atoms with Crippen LogP contribution in [0.4, 0.5) is 0 Å². The van der Waals surface area contributed by atoms with Crippen molar-refractivity contribution in [1.82, 2.24) is 0 Å². The number of hydrogen-bond acceptors (Lipinski definition) is 1. The van der Waals surface area contributed by atoms with E-state index in [1.807, 2.05) is 19.9 Å². The highest BCUT2D eigenvalue weighted by atomic mass is 16.6. The lowest BCUT2D eigenvalue weighted by molar-refractivity contribution is 0.370. The van der Waals surface area contributed by atoms with Crippen molar-refractivity contribution in [3.05, 3.63) is 37.5 Å². The molecule has 1 nitrogen and oxygen atoms in total. The van der Waals surface area contributed by atoms with Crippen LogP contribution in [0.5, 0.6) is 0 Å². The first kappa shape index (κ1) is 10.2. The van der Waals surface area contributed by atoms with Gasteiger partial charge in [-0.25, -0.2) is 0 Å². The lowest BCUT2D eigenvalue weighted by Crippen LogP contribution is -1.94. The zero-order valence-corrected chi connectivity index (χ0v) is 7.39. The summed E-state index contributed by atoms with van der Waals surface area (Å²) >= 11 is 0.